The summed E-state index contributed by atoms with van der Waals surface area (Å²) < 4.78 is 0. The minimum Gasteiger partial charge on any atom is -0.480 e. The number of hydrogen-bond acceptors (Lipinski definition) is 2. The van der Waals surface area contributed by atoms with Crippen molar-refractivity contribution in [2.75, 3.05) is 6.54 Å². The van der Waals surface area contributed by atoms with Gasteiger partial charge in [0.15, 0.2) is 0 Å². The molecule has 20 heavy (non-hydrogen) atoms. The number of halogens is 1. The molecule has 0 spiro atoms. The molecule has 108 valence electrons. The third kappa shape index (κ3) is 3.51. The predicted molar refractivity (Wildman–Crippen MR) is 76.8 cm³/mol. The highest BCUT2D eigenvalue weighted by molar-refractivity contribution is 6.31. The monoisotopic (exact) mass is 295 g/mol. The van der Waals surface area contributed by atoms with Gasteiger partial charge < -0.3 is 10.0 Å². The van der Waals surface area contributed by atoms with E-state index in [1.165, 1.54) is 4.90 Å². The molecule has 1 heterocycles. The van der Waals surface area contributed by atoms with E-state index in [9.17, 15) is 14.7 Å². The van der Waals surface area contributed by atoms with E-state index in [4.69, 9.17) is 11.6 Å². The summed E-state index contributed by atoms with van der Waals surface area (Å²) in [5.41, 5.74) is 0.923. The largest absolute Gasteiger partial charge is 0.480 e. The fourth-order valence-corrected chi connectivity index (χ4v) is 2.80. The standard InChI is InChI=1S/C15H18ClNO3/c16-12-6-2-1-5-11(12)8-9-14(18)17-10-4-3-7-13(17)15(19)20/h1-2,5-6,13H,3-4,7-10H2,(H,19,20)/t13-/m1/s1. The first kappa shape index (κ1) is 14.9. The van der Waals surface area contributed by atoms with E-state index >= 15 is 0 Å². The molecule has 1 amide bonds. The Balaban J connectivity index is 1.97. The fraction of sp³-hybridized carbons (Fsp3) is 0.467. The Bertz CT molecular complexity index is 504. The molecule has 0 aromatic heterocycles. The number of aliphatic carboxylic acids is 1. The maximum absolute atomic E-state index is 12.2. The van der Waals surface area contributed by atoms with E-state index in [-0.39, 0.29) is 5.91 Å². The molecule has 1 N–H and O–H groups in total. The third-order valence-corrected chi connectivity index (χ3v) is 4.04. The van der Waals surface area contributed by atoms with Gasteiger partial charge in [0, 0.05) is 18.0 Å². The average molecular weight is 296 g/mol. The molecule has 1 aliphatic rings. The number of hydrogen-bond donors (Lipinski definition) is 1. The van der Waals surface area contributed by atoms with Crippen LogP contribution < -0.4 is 0 Å². The lowest BCUT2D eigenvalue weighted by Gasteiger charge is -2.33. The number of carbonyl (C=O) groups is 2. The fourth-order valence-electron chi connectivity index (χ4n) is 2.57. The van der Waals surface area contributed by atoms with Crippen molar-refractivity contribution in [3.8, 4) is 0 Å². The van der Waals surface area contributed by atoms with Crippen molar-refractivity contribution >= 4 is 23.5 Å². The van der Waals surface area contributed by atoms with Crippen LogP contribution in [0.15, 0.2) is 24.3 Å². The number of rotatable bonds is 4. The van der Waals surface area contributed by atoms with Crippen LogP contribution in [0, 0.1) is 0 Å². The van der Waals surface area contributed by atoms with Gasteiger partial charge in [-0.3, -0.25) is 4.79 Å². The number of piperidine rings is 1. The Hall–Kier alpha value is -1.55. The topological polar surface area (TPSA) is 57.6 Å². The van der Waals surface area contributed by atoms with Crippen LogP contribution in [-0.4, -0.2) is 34.5 Å². The van der Waals surface area contributed by atoms with Crippen LogP contribution in [0.25, 0.3) is 0 Å². The van der Waals surface area contributed by atoms with E-state index in [0.29, 0.717) is 30.8 Å². The quantitative estimate of drug-likeness (QED) is 0.929. The van der Waals surface area contributed by atoms with Crippen LogP contribution in [0.4, 0.5) is 0 Å². The summed E-state index contributed by atoms with van der Waals surface area (Å²) in [7, 11) is 0. The lowest BCUT2D eigenvalue weighted by Crippen LogP contribution is -2.48. The first-order chi connectivity index (χ1) is 9.59. The Morgan fingerprint density at radius 3 is 2.75 bits per heavy atom. The van der Waals surface area contributed by atoms with Crippen molar-refractivity contribution in [1.82, 2.24) is 4.90 Å². The smallest absolute Gasteiger partial charge is 0.326 e. The lowest BCUT2D eigenvalue weighted by molar-refractivity contribution is -0.152. The van der Waals surface area contributed by atoms with Gasteiger partial charge in [-0.15, -0.1) is 0 Å². The highest BCUT2D eigenvalue weighted by Gasteiger charge is 2.31. The van der Waals surface area contributed by atoms with Crippen LogP contribution in [0.1, 0.15) is 31.2 Å². The first-order valence-corrected chi connectivity index (χ1v) is 7.23. The van der Waals surface area contributed by atoms with E-state index < -0.39 is 12.0 Å². The van der Waals surface area contributed by atoms with Gasteiger partial charge in [0.1, 0.15) is 6.04 Å². The second kappa shape index (κ2) is 6.75. The summed E-state index contributed by atoms with van der Waals surface area (Å²) in [5, 5.41) is 9.82. The molecule has 1 aliphatic heterocycles. The molecule has 1 saturated heterocycles. The maximum atomic E-state index is 12.2. The van der Waals surface area contributed by atoms with Crippen molar-refractivity contribution in [2.24, 2.45) is 0 Å². The molecule has 0 unspecified atom stereocenters. The summed E-state index contributed by atoms with van der Waals surface area (Å²) in [6.07, 6.45) is 3.13. The van der Waals surface area contributed by atoms with Crippen molar-refractivity contribution in [3.05, 3.63) is 34.9 Å². The van der Waals surface area contributed by atoms with Crippen LogP contribution in [0.5, 0.6) is 0 Å². The maximum Gasteiger partial charge on any atom is 0.326 e. The number of amides is 1. The molecule has 1 atom stereocenters. The minimum absolute atomic E-state index is 0.1000. The van der Waals surface area contributed by atoms with E-state index in [1.54, 1.807) is 6.07 Å². The summed E-state index contributed by atoms with van der Waals surface area (Å²) in [5.74, 6) is -1.01. The molecule has 0 bridgehead atoms. The molecular weight excluding hydrogens is 278 g/mol. The lowest BCUT2D eigenvalue weighted by atomic mass is 10.0. The SMILES string of the molecule is O=C(O)[C@H]1CCCCN1C(=O)CCc1ccccc1Cl. The Labute approximate surface area is 123 Å². The second-order valence-electron chi connectivity index (χ2n) is 5.03. The van der Waals surface area contributed by atoms with Gasteiger partial charge >= 0.3 is 5.97 Å². The van der Waals surface area contributed by atoms with Crippen LogP contribution in [-0.2, 0) is 16.0 Å². The molecular formula is C15H18ClNO3. The molecule has 5 heteroatoms. The summed E-state index contributed by atoms with van der Waals surface area (Å²) in [6.45, 7) is 0.540. The van der Waals surface area contributed by atoms with Gasteiger partial charge in [-0.25, -0.2) is 4.79 Å². The molecule has 0 aliphatic carbocycles. The van der Waals surface area contributed by atoms with Gasteiger partial charge in [-0.1, -0.05) is 29.8 Å². The molecule has 1 fully saturated rings. The molecule has 4 nitrogen and oxygen atoms in total. The molecule has 2 rings (SSSR count). The molecule has 0 saturated carbocycles. The Kier molecular flexibility index (Phi) is 5.01. The Morgan fingerprint density at radius 1 is 1.30 bits per heavy atom. The van der Waals surface area contributed by atoms with Crippen LogP contribution >= 0.6 is 11.6 Å². The number of nitrogens with zero attached hydrogens (tertiary/aromatic N) is 1. The number of benzene rings is 1. The van der Waals surface area contributed by atoms with Crippen molar-refractivity contribution in [1.29, 1.82) is 0 Å². The second-order valence-corrected chi connectivity index (χ2v) is 5.44. The van der Waals surface area contributed by atoms with Gasteiger partial charge in [0.05, 0.1) is 0 Å². The zero-order valence-corrected chi connectivity index (χ0v) is 12.0. The predicted octanol–water partition coefficient (Wildman–Crippen LogP) is 2.74. The normalized spacial score (nSPS) is 18.9. The molecule has 1 aromatic rings. The summed E-state index contributed by atoms with van der Waals surface area (Å²) >= 11 is 6.05. The van der Waals surface area contributed by atoms with Crippen molar-refractivity contribution < 1.29 is 14.7 Å². The minimum atomic E-state index is -0.907. The highest BCUT2D eigenvalue weighted by atomic mass is 35.5. The third-order valence-electron chi connectivity index (χ3n) is 3.67. The molecule has 0 radical (unpaired) electrons. The van der Waals surface area contributed by atoms with E-state index in [2.05, 4.69) is 0 Å². The van der Waals surface area contributed by atoms with Gasteiger partial charge in [-0.2, -0.15) is 0 Å². The number of aryl methyl sites for hydroxylation is 1. The number of likely N-dealkylation sites (tertiary alicyclic amines) is 1. The average Bonchev–Trinajstić information content (AvgIpc) is 2.46. The summed E-state index contributed by atoms with van der Waals surface area (Å²) in [6, 6.07) is 6.75. The number of carboxylic acid groups (broad SMARTS) is 1. The van der Waals surface area contributed by atoms with Crippen LogP contribution in [0.3, 0.4) is 0 Å². The number of carbonyl (C=O) groups excluding carboxylic acids is 1. The summed E-state index contributed by atoms with van der Waals surface area (Å²) in [4.78, 5) is 24.9. The zero-order chi connectivity index (χ0) is 14.5. The highest BCUT2D eigenvalue weighted by Crippen LogP contribution is 2.21. The van der Waals surface area contributed by atoms with E-state index in [0.717, 1.165) is 18.4 Å². The first-order valence-electron chi connectivity index (χ1n) is 6.85. The number of carboxylic acids is 1. The van der Waals surface area contributed by atoms with Crippen molar-refractivity contribution in [3.63, 3.8) is 0 Å². The molecule has 1 aromatic carbocycles. The van der Waals surface area contributed by atoms with E-state index in [1.807, 2.05) is 18.2 Å². The Morgan fingerprint density at radius 2 is 2.05 bits per heavy atom. The van der Waals surface area contributed by atoms with Gasteiger partial charge in [-0.05, 0) is 37.3 Å². The van der Waals surface area contributed by atoms with Crippen LogP contribution in [0.2, 0.25) is 5.02 Å². The van der Waals surface area contributed by atoms with Gasteiger partial charge in [0.2, 0.25) is 5.91 Å². The van der Waals surface area contributed by atoms with Gasteiger partial charge in [0.25, 0.3) is 0 Å². The van der Waals surface area contributed by atoms with Crippen molar-refractivity contribution in [2.45, 2.75) is 38.1 Å². The zero-order valence-electron chi connectivity index (χ0n) is 11.2.